The molecule has 0 spiro atoms. The molecule has 0 saturated heterocycles. The Labute approximate surface area is 114 Å². The van der Waals surface area contributed by atoms with E-state index in [1.54, 1.807) is 7.11 Å². The third-order valence-corrected chi connectivity index (χ3v) is 3.51. The van der Waals surface area contributed by atoms with Gasteiger partial charge in [-0.15, -0.1) is 0 Å². The van der Waals surface area contributed by atoms with E-state index in [1.807, 2.05) is 20.8 Å². The van der Waals surface area contributed by atoms with Crippen LogP contribution in [0, 0.1) is 20.8 Å². The molecular weight excluding hydrogens is 236 g/mol. The average molecular weight is 256 g/mol. The average Bonchev–Trinajstić information content (AvgIpc) is 2.42. The smallest absolute Gasteiger partial charge is 0.126 e. The number of aromatic nitrogens is 2. The lowest BCUT2D eigenvalue weighted by atomic mass is 10.0. The van der Waals surface area contributed by atoms with Gasteiger partial charge in [0.05, 0.1) is 11.8 Å². The van der Waals surface area contributed by atoms with Crippen molar-refractivity contribution in [3.63, 3.8) is 0 Å². The number of nitrogens with zero attached hydrogens (tertiary/aromatic N) is 2. The second-order valence-electron chi connectivity index (χ2n) is 4.83. The summed E-state index contributed by atoms with van der Waals surface area (Å²) in [6.45, 7) is 8.06. The highest BCUT2D eigenvalue weighted by molar-refractivity contribution is 5.63. The fourth-order valence-corrected chi connectivity index (χ4v) is 2.10. The summed E-state index contributed by atoms with van der Waals surface area (Å²) in [5, 5.41) is 0. The lowest BCUT2D eigenvalue weighted by Crippen LogP contribution is -2.00. The minimum Gasteiger partial charge on any atom is -0.377 e. The van der Waals surface area contributed by atoms with Crippen molar-refractivity contribution in [1.29, 1.82) is 0 Å². The standard InChI is InChI=1S/C16H20N2O/c1-10-11(2)17-13(4)18-16(10)15-8-6-14(7-9-15)12(3)19-5/h6-9,12H,1-5H3. The van der Waals surface area contributed by atoms with Gasteiger partial charge in [-0.3, -0.25) is 0 Å². The summed E-state index contributed by atoms with van der Waals surface area (Å²) in [5.41, 5.74) is 5.49. The van der Waals surface area contributed by atoms with Crippen LogP contribution in [-0.2, 0) is 4.74 Å². The fourth-order valence-electron chi connectivity index (χ4n) is 2.10. The molecule has 0 N–H and O–H groups in total. The SMILES string of the molecule is COC(C)c1ccc(-c2nc(C)nc(C)c2C)cc1. The van der Waals surface area contributed by atoms with Gasteiger partial charge in [-0.2, -0.15) is 0 Å². The van der Waals surface area contributed by atoms with Gasteiger partial charge in [0, 0.05) is 18.4 Å². The van der Waals surface area contributed by atoms with Gasteiger partial charge in [-0.05, 0) is 38.8 Å². The van der Waals surface area contributed by atoms with E-state index < -0.39 is 0 Å². The van der Waals surface area contributed by atoms with Crippen molar-refractivity contribution in [3.8, 4) is 11.3 Å². The largest absolute Gasteiger partial charge is 0.377 e. The van der Waals surface area contributed by atoms with Crippen LogP contribution in [0.4, 0.5) is 0 Å². The van der Waals surface area contributed by atoms with E-state index in [9.17, 15) is 0 Å². The summed E-state index contributed by atoms with van der Waals surface area (Å²) in [6, 6.07) is 8.38. The Balaban J connectivity index is 2.43. The van der Waals surface area contributed by atoms with Gasteiger partial charge in [-0.1, -0.05) is 24.3 Å². The molecule has 3 nitrogen and oxygen atoms in total. The van der Waals surface area contributed by atoms with E-state index >= 15 is 0 Å². The summed E-state index contributed by atoms with van der Waals surface area (Å²) in [4.78, 5) is 8.94. The first-order valence-electron chi connectivity index (χ1n) is 6.48. The monoisotopic (exact) mass is 256 g/mol. The molecule has 2 aromatic rings. The molecule has 0 radical (unpaired) electrons. The molecule has 1 unspecified atom stereocenters. The molecule has 0 aliphatic carbocycles. The summed E-state index contributed by atoms with van der Waals surface area (Å²) in [7, 11) is 1.72. The minimum absolute atomic E-state index is 0.115. The molecule has 1 atom stereocenters. The quantitative estimate of drug-likeness (QED) is 0.838. The van der Waals surface area contributed by atoms with E-state index in [2.05, 4.69) is 41.2 Å². The molecule has 19 heavy (non-hydrogen) atoms. The summed E-state index contributed by atoms with van der Waals surface area (Å²) >= 11 is 0. The van der Waals surface area contributed by atoms with E-state index in [0.717, 1.165) is 28.3 Å². The van der Waals surface area contributed by atoms with Crippen molar-refractivity contribution >= 4 is 0 Å². The van der Waals surface area contributed by atoms with Crippen molar-refractivity contribution in [2.75, 3.05) is 7.11 Å². The van der Waals surface area contributed by atoms with Crippen LogP contribution in [0.3, 0.4) is 0 Å². The zero-order valence-corrected chi connectivity index (χ0v) is 12.2. The Morgan fingerprint density at radius 3 is 2.21 bits per heavy atom. The first-order valence-corrected chi connectivity index (χ1v) is 6.48. The van der Waals surface area contributed by atoms with Gasteiger partial charge in [0.25, 0.3) is 0 Å². The molecular formula is C16H20N2O. The molecule has 100 valence electrons. The van der Waals surface area contributed by atoms with Gasteiger partial charge in [0.2, 0.25) is 0 Å². The van der Waals surface area contributed by atoms with Crippen LogP contribution >= 0.6 is 0 Å². The fraction of sp³-hybridized carbons (Fsp3) is 0.375. The Bertz CT molecular complexity index is 576. The topological polar surface area (TPSA) is 35.0 Å². The lowest BCUT2D eigenvalue weighted by molar-refractivity contribution is 0.119. The number of rotatable bonds is 3. The highest BCUT2D eigenvalue weighted by Gasteiger charge is 2.09. The predicted octanol–water partition coefficient (Wildman–Crippen LogP) is 3.78. The Kier molecular flexibility index (Phi) is 3.96. The predicted molar refractivity (Wildman–Crippen MR) is 77.1 cm³/mol. The van der Waals surface area contributed by atoms with Crippen LogP contribution < -0.4 is 0 Å². The van der Waals surface area contributed by atoms with Crippen LogP contribution in [0.1, 0.15) is 35.7 Å². The van der Waals surface area contributed by atoms with Crippen molar-refractivity contribution in [3.05, 3.63) is 46.9 Å². The number of hydrogen-bond acceptors (Lipinski definition) is 3. The number of ether oxygens (including phenoxy) is 1. The van der Waals surface area contributed by atoms with Gasteiger partial charge in [0.15, 0.2) is 0 Å². The minimum atomic E-state index is 0.115. The van der Waals surface area contributed by atoms with Gasteiger partial charge >= 0.3 is 0 Å². The lowest BCUT2D eigenvalue weighted by Gasteiger charge is -2.12. The van der Waals surface area contributed by atoms with E-state index in [-0.39, 0.29) is 6.10 Å². The maximum absolute atomic E-state index is 5.32. The molecule has 0 saturated carbocycles. The summed E-state index contributed by atoms with van der Waals surface area (Å²) in [6.07, 6.45) is 0.115. The molecule has 3 heteroatoms. The van der Waals surface area contributed by atoms with E-state index in [1.165, 1.54) is 5.56 Å². The van der Waals surface area contributed by atoms with Crippen LogP contribution in [0.25, 0.3) is 11.3 Å². The maximum Gasteiger partial charge on any atom is 0.126 e. The van der Waals surface area contributed by atoms with Gasteiger partial charge in [0.1, 0.15) is 5.82 Å². The zero-order chi connectivity index (χ0) is 14.0. The second-order valence-corrected chi connectivity index (χ2v) is 4.83. The van der Waals surface area contributed by atoms with Crippen LogP contribution in [0.15, 0.2) is 24.3 Å². The normalized spacial score (nSPS) is 12.5. The third kappa shape index (κ3) is 2.82. The maximum atomic E-state index is 5.32. The Morgan fingerprint density at radius 1 is 1.00 bits per heavy atom. The van der Waals surface area contributed by atoms with E-state index in [0.29, 0.717) is 0 Å². The van der Waals surface area contributed by atoms with E-state index in [4.69, 9.17) is 4.74 Å². The van der Waals surface area contributed by atoms with Crippen molar-refractivity contribution in [2.45, 2.75) is 33.8 Å². The molecule has 1 heterocycles. The first-order chi connectivity index (χ1) is 9.02. The van der Waals surface area contributed by atoms with Crippen LogP contribution in [0.2, 0.25) is 0 Å². The highest BCUT2D eigenvalue weighted by Crippen LogP contribution is 2.25. The summed E-state index contributed by atoms with van der Waals surface area (Å²) in [5.74, 6) is 0.812. The van der Waals surface area contributed by atoms with Crippen LogP contribution in [0.5, 0.6) is 0 Å². The number of benzene rings is 1. The summed E-state index contributed by atoms with van der Waals surface area (Å²) < 4.78 is 5.32. The molecule has 1 aromatic heterocycles. The molecule has 0 amide bonds. The Hall–Kier alpha value is -1.74. The molecule has 0 fully saturated rings. The third-order valence-electron chi connectivity index (χ3n) is 3.51. The molecule has 2 rings (SSSR count). The molecule has 0 aliphatic rings. The molecule has 1 aromatic carbocycles. The van der Waals surface area contributed by atoms with Gasteiger partial charge in [-0.25, -0.2) is 9.97 Å². The second kappa shape index (κ2) is 5.49. The van der Waals surface area contributed by atoms with Gasteiger partial charge < -0.3 is 4.74 Å². The number of aryl methyl sites for hydroxylation is 2. The van der Waals surface area contributed by atoms with Crippen molar-refractivity contribution in [1.82, 2.24) is 9.97 Å². The van der Waals surface area contributed by atoms with Crippen molar-refractivity contribution < 1.29 is 4.74 Å². The number of methoxy groups -OCH3 is 1. The van der Waals surface area contributed by atoms with Crippen molar-refractivity contribution in [2.24, 2.45) is 0 Å². The molecule has 0 bridgehead atoms. The number of hydrogen-bond donors (Lipinski definition) is 0. The molecule has 0 aliphatic heterocycles. The zero-order valence-electron chi connectivity index (χ0n) is 12.2. The highest BCUT2D eigenvalue weighted by atomic mass is 16.5. The Morgan fingerprint density at radius 2 is 1.63 bits per heavy atom. The van der Waals surface area contributed by atoms with Crippen LogP contribution in [-0.4, -0.2) is 17.1 Å². The first kappa shape index (κ1) is 13.7.